The van der Waals surface area contributed by atoms with E-state index in [-0.39, 0.29) is 0 Å². The van der Waals surface area contributed by atoms with Gasteiger partial charge in [0, 0.05) is 0 Å². The van der Waals surface area contributed by atoms with Gasteiger partial charge in [-0.25, -0.2) is 0 Å². The van der Waals surface area contributed by atoms with E-state index in [1.54, 1.807) is 0 Å². The van der Waals surface area contributed by atoms with E-state index in [1.807, 2.05) is 0 Å². The first kappa shape index (κ1) is 8.03. The fourth-order valence-corrected chi connectivity index (χ4v) is 0.860. The van der Waals surface area contributed by atoms with E-state index < -0.39 is 0 Å². The molecule has 1 atom stereocenters. The molecule has 0 fully saturated rings. The van der Waals surface area contributed by atoms with Gasteiger partial charge in [-0.05, 0) is 0 Å². The maximum atomic E-state index is 2.75. The summed E-state index contributed by atoms with van der Waals surface area (Å²) in [4.78, 5) is 0. The zero-order valence-electron chi connectivity index (χ0n) is 5.11. The number of rotatable bonds is 4. The summed E-state index contributed by atoms with van der Waals surface area (Å²) in [6.45, 7) is 0. The molecule has 38 valence electrons. The van der Waals surface area contributed by atoms with Crippen molar-refractivity contribution >= 4 is 27.0 Å². The second kappa shape index (κ2) is 7.03. The summed E-state index contributed by atoms with van der Waals surface area (Å²) in [5.41, 5.74) is 0. The minimum atomic E-state index is 1.28. The zero-order chi connectivity index (χ0) is 5.54. The fraction of sp³-hybridized carbons (Fsp3) is 1.00. The molecule has 0 bridgehead atoms. The van der Waals surface area contributed by atoms with Crippen molar-refractivity contribution in [3.63, 3.8) is 0 Å². The average molecular weight is 110 g/mol. The summed E-state index contributed by atoms with van der Waals surface area (Å²) in [6.07, 6.45) is 5.49. The first-order chi connectivity index (χ1) is 3.41. The molecular formula is C5H12LiP. The summed E-state index contributed by atoms with van der Waals surface area (Å²) >= 11 is 2.24. The third-order valence-electron chi connectivity index (χ3n) is 1.06. The van der Waals surface area contributed by atoms with Gasteiger partial charge in [-0.15, -0.1) is 0 Å². The van der Waals surface area contributed by atoms with Crippen molar-refractivity contribution < 1.29 is 0 Å². The van der Waals surface area contributed by atoms with E-state index in [0.717, 1.165) is 0 Å². The molecule has 7 heavy (non-hydrogen) atoms. The van der Waals surface area contributed by atoms with Crippen LogP contribution in [0.2, 0.25) is 5.09 Å². The van der Waals surface area contributed by atoms with Crippen LogP contribution in [0.1, 0.15) is 19.3 Å². The Morgan fingerprint density at radius 2 is 1.86 bits per heavy atom. The molecule has 0 aliphatic heterocycles. The Bertz CT molecular complexity index is 27.3. The first-order valence-corrected chi connectivity index (χ1v) is 3.93. The van der Waals surface area contributed by atoms with Crippen LogP contribution in [0.3, 0.4) is 0 Å². The van der Waals surface area contributed by atoms with Crippen LogP contribution in [0.4, 0.5) is 0 Å². The molecule has 0 nitrogen and oxygen atoms in total. The molecule has 0 saturated carbocycles. The SMILES string of the molecule is [Li][CH2]CCCCP. The van der Waals surface area contributed by atoms with Crippen LogP contribution < -0.4 is 0 Å². The van der Waals surface area contributed by atoms with E-state index in [2.05, 4.69) is 27.0 Å². The zero-order valence-corrected chi connectivity index (χ0v) is 6.27. The molecule has 0 heterocycles. The van der Waals surface area contributed by atoms with Crippen molar-refractivity contribution in [2.45, 2.75) is 24.4 Å². The van der Waals surface area contributed by atoms with Crippen molar-refractivity contribution in [3.8, 4) is 0 Å². The van der Waals surface area contributed by atoms with Gasteiger partial charge in [0.2, 0.25) is 0 Å². The second-order valence-electron chi connectivity index (χ2n) is 1.85. The Labute approximate surface area is 57.9 Å². The van der Waals surface area contributed by atoms with Crippen LogP contribution in [0.15, 0.2) is 0 Å². The van der Waals surface area contributed by atoms with Gasteiger partial charge in [0.1, 0.15) is 0 Å². The normalized spacial score (nSPS) is 9.57. The Balaban J connectivity index is 2.45. The summed E-state index contributed by atoms with van der Waals surface area (Å²) in [5, 5.41) is 1.35. The molecule has 0 spiro atoms. The third-order valence-corrected chi connectivity index (χ3v) is 1.47. The van der Waals surface area contributed by atoms with Crippen molar-refractivity contribution in [2.75, 3.05) is 6.16 Å². The minimum absolute atomic E-state index is 1.28. The predicted octanol–water partition coefficient (Wildman–Crippen LogP) is 1.62. The Kier molecular flexibility index (Phi) is 8.06. The second-order valence-corrected chi connectivity index (χ2v) is 2.43. The molecule has 0 aliphatic rings. The van der Waals surface area contributed by atoms with Crippen LogP contribution in [-0.2, 0) is 0 Å². The van der Waals surface area contributed by atoms with Gasteiger partial charge in [-0.2, -0.15) is 0 Å². The summed E-state index contributed by atoms with van der Waals surface area (Å²) in [7, 11) is 2.75. The molecule has 0 aromatic rings. The van der Waals surface area contributed by atoms with Crippen LogP contribution in [0.25, 0.3) is 0 Å². The first-order valence-electron chi connectivity index (χ1n) is 3.12. The summed E-state index contributed by atoms with van der Waals surface area (Å²) in [6, 6.07) is 0. The molecule has 0 saturated heterocycles. The fourth-order valence-electron chi connectivity index (χ4n) is 0.571. The predicted molar refractivity (Wildman–Crippen MR) is 39.0 cm³/mol. The van der Waals surface area contributed by atoms with Crippen LogP contribution in [0, 0.1) is 0 Å². The molecule has 0 rings (SSSR count). The van der Waals surface area contributed by atoms with Gasteiger partial charge in [0.15, 0.2) is 0 Å². The Morgan fingerprint density at radius 1 is 1.14 bits per heavy atom. The van der Waals surface area contributed by atoms with E-state index in [1.165, 1.54) is 30.5 Å². The number of hydrogen-bond acceptors (Lipinski definition) is 0. The van der Waals surface area contributed by atoms with Crippen LogP contribution in [-0.4, -0.2) is 23.9 Å². The van der Waals surface area contributed by atoms with E-state index in [4.69, 9.17) is 0 Å². The van der Waals surface area contributed by atoms with Crippen molar-refractivity contribution in [2.24, 2.45) is 0 Å². The Morgan fingerprint density at radius 3 is 2.29 bits per heavy atom. The Hall–Kier alpha value is 1.03. The quantitative estimate of drug-likeness (QED) is 0.293. The molecular weight excluding hydrogens is 98.0 g/mol. The molecule has 0 N–H and O–H groups in total. The van der Waals surface area contributed by atoms with Gasteiger partial charge in [-0.1, -0.05) is 0 Å². The maximum absolute atomic E-state index is 2.75. The van der Waals surface area contributed by atoms with E-state index in [9.17, 15) is 0 Å². The van der Waals surface area contributed by atoms with Gasteiger partial charge in [-0.3, -0.25) is 0 Å². The topological polar surface area (TPSA) is 0 Å². The molecule has 0 aromatic heterocycles. The van der Waals surface area contributed by atoms with Crippen molar-refractivity contribution in [3.05, 3.63) is 0 Å². The van der Waals surface area contributed by atoms with Gasteiger partial charge in [0.05, 0.1) is 0 Å². The molecule has 0 aromatic carbocycles. The molecule has 1 unspecified atom stereocenters. The monoisotopic (exact) mass is 110 g/mol. The molecule has 0 radical (unpaired) electrons. The summed E-state index contributed by atoms with van der Waals surface area (Å²) < 4.78 is 0. The number of unbranched alkanes of at least 4 members (excludes halogenated alkanes) is 2. The van der Waals surface area contributed by atoms with Gasteiger partial charge >= 0.3 is 57.5 Å². The summed E-state index contributed by atoms with van der Waals surface area (Å²) in [5.74, 6) is 0. The number of hydrogen-bond donors (Lipinski definition) is 0. The molecule has 0 amide bonds. The van der Waals surface area contributed by atoms with Crippen LogP contribution in [0.5, 0.6) is 0 Å². The van der Waals surface area contributed by atoms with E-state index >= 15 is 0 Å². The third kappa shape index (κ3) is 7.03. The average Bonchev–Trinajstić information content (AvgIpc) is 1.69. The van der Waals surface area contributed by atoms with Crippen molar-refractivity contribution in [1.29, 1.82) is 0 Å². The standard InChI is InChI=1S/C5H12P.Li/c1-2-3-4-5-6;/h1-6H2;. The van der Waals surface area contributed by atoms with Gasteiger partial charge in [0.25, 0.3) is 0 Å². The van der Waals surface area contributed by atoms with Gasteiger partial charge < -0.3 is 0 Å². The van der Waals surface area contributed by atoms with Crippen molar-refractivity contribution in [1.82, 2.24) is 0 Å². The van der Waals surface area contributed by atoms with Crippen LogP contribution >= 0.6 is 9.24 Å². The molecule has 0 aliphatic carbocycles. The molecule has 2 heteroatoms. The van der Waals surface area contributed by atoms with E-state index in [0.29, 0.717) is 0 Å².